The summed E-state index contributed by atoms with van der Waals surface area (Å²) in [6.07, 6.45) is -5.63. The number of benzene rings is 4. The first-order chi connectivity index (χ1) is 19.7. The van der Waals surface area contributed by atoms with Crippen LogP contribution in [-0.4, -0.2) is 46.8 Å². The van der Waals surface area contributed by atoms with Gasteiger partial charge in [-0.15, -0.1) is 0 Å². The van der Waals surface area contributed by atoms with Crippen molar-refractivity contribution in [2.45, 2.75) is 63.1 Å². The van der Waals surface area contributed by atoms with Crippen molar-refractivity contribution in [3.05, 3.63) is 144 Å². The Balaban J connectivity index is 1.42. The third-order valence-corrected chi connectivity index (χ3v) is 7.14. The third kappa shape index (κ3) is 7.43. The maximum absolute atomic E-state index is 11.4. The molecule has 1 aliphatic carbocycles. The summed E-state index contributed by atoms with van der Waals surface area (Å²) in [6, 6.07) is 39.1. The zero-order valence-corrected chi connectivity index (χ0v) is 22.4. The van der Waals surface area contributed by atoms with Crippen molar-refractivity contribution in [3.8, 4) is 0 Å². The first kappa shape index (κ1) is 28.2. The Morgan fingerprint density at radius 3 is 0.825 bits per heavy atom. The van der Waals surface area contributed by atoms with Crippen molar-refractivity contribution in [2.75, 3.05) is 0 Å². The Morgan fingerprint density at radius 2 is 0.575 bits per heavy atom. The molecule has 1 saturated carbocycles. The monoisotopic (exact) mass is 540 g/mol. The summed E-state index contributed by atoms with van der Waals surface area (Å²) in [5.74, 6) is 0. The fraction of sp³-hybridized carbons (Fsp3) is 0.294. The summed E-state index contributed by atoms with van der Waals surface area (Å²) >= 11 is 0. The molecule has 0 bridgehead atoms. The fourth-order valence-corrected chi connectivity index (χ4v) is 4.98. The van der Waals surface area contributed by atoms with Crippen molar-refractivity contribution in [1.29, 1.82) is 0 Å². The van der Waals surface area contributed by atoms with Gasteiger partial charge < -0.3 is 29.2 Å². The average Bonchev–Trinajstić information content (AvgIpc) is 3.01. The summed E-state index contributed by atoms with van der Waals surface area (Å²) < 4.78 is 25.5. The molecule has 0 aliphatic heterocycles. The van der Waals surface area contributed by atoms with E-state index >= 15 is 0 Å². The predicted octanol–water partition coefficient (Wildman–Crippen LogP) is 5.06. The molecular formula is C34H36O6. The van der Waals surface area contributed by atoms with Crippen LogP contribution < -0.4 is 0 Å². The first-order valence-electron chi connectivity index (χ1n) is 13.7. The predicted molar refractivity (Wildman–Crippen MR) is 152 cm³/mol. The largest absolute Gasteiger partial charge is 0.387 e. The van der Waals surface area contributed by atoms with Crippen LogP contribution >= 0.6 is 0 Å². The summed E-state index contributed by atoms with van der Waals surface area (Å²) in [4.78, 5) is 0. The van der Waals surface area contributed by atoms with Gasteiger partial charge in [0.1, 0.15) is 36.6 Å². The number of hydrogen-bond acceptors (Lipinski definition) is 6. The zero-order chi connectivity index (χ0) is 27.6. The van der Waals surface area contributed by atoms with Gasteiger partial charge in [-0.05, 0) is 22.3 Å². The van der Waals surface area contributed by atoms with Crippen molar-refractivity contribution in [1.82, 2.24) is 0 Å². The van der Waals surface area contributed by atoms with E-state index in [1.165, 1.54) is 0 Å². The Labute approximate surface area is 235 Å². The molecule has 1 fully saturated rings. The van der Waals surface area contributed by atoms with Crippen LogP contribution in [-0.2, 0) is 45.4 Å². The SMILES string of the molecule is O[C@@H]1[C@H](O)[C@H](OCc2ccccc2)[C@@H](OCc2ccccc2)[C@H](OCc2ccccc2)[C@H]1OCc1ccccc1. The van der Waals surface area contributed by atoms with E-state index in [1.807, 2.05) is 121 Å². The number of ether oxygens (including phenoxy) is 4. The van der Waals surface area contributed by atoms with Gasteiger partial charge in [0, 0.05) is 0 Å². The Kier molecular flexibility index (Phi) is 10.1. The van der Waals surface area contributed by atoms with Gasteiger partial charge in [-0.25, -0.2) is 0 Å². The molecule has 0 radical (unpaired) electrons. The quantitative estimate of drug-likeness (QED) is 0.262. The highest BCUT2D eigenvalue weighted by Gasteiger charge is 2.52. The molecule has 6 heteroatoms. The number of hydrogen-bond donors (Lipinski definition) is 2. The molecule has 2 N–H and O–H groups in total. The minimum absolute atomic E-state index is 0.251. The lowest BCUT2D eigenvalue weighted by atomic mass is 9.84. The Bertz CT molecular complexity index is 1150. The molecule has 4 aromatic rings. The minimum Gasteiger partial charge on any atom is -0.387 e. The van der Waals surface area contributed by atoms with Crippen LogP contribution in [0.25, 0.3) is 0 Å². The smallest absolute Gasteiger partial charge is 0.116 e. The molecule has 0 amide bonds. The maximum atomic E-state index is 11.4. The number of rotatable bonds is 12. The van der Waals surface area contributed by atoms with E-state index in [4.69, 9.17) is 18.9 Å². The maximum Gasteiger partial charge on any atom is 0.116 e. The van der Waals surface area contributed by atoms with Crippen molar-refractivity contribution in [2.24, 2.45) is 0 Å². The van der Waals surface area contributed by atoms with E-state index in [0.29, 0.717) is 0 Å². The Hall–Kier alpha value is -3.36. The Morgan fingerprint density at radius 1 is 0.350 bits per heavy atom. The second-order valence-electron chi connectivity index (χ2n) is 10.0. The van der Waals surface area contributed by atoms with E-state index in [9.17, 15) is 10.2 Å². The zero-order valence-electron chi connectivity index (χ0n) is 22.4. The molecule has 0 saturated heterocycles. The van der Waals surface area contributed by atoms with Crippen molar-refractivity contribution < 1.29 is 29.2 Å². The van der Waals surface area contributed by atoms with Gasteiger partial charge in [0.25, 0.3) is 0 Å². The summed E-state index contributed by atoms with van der Waals surface area (Å²) in [6.45, 7) is 1.08. The van der Waals surface area contributed by atoms with Crippen LogP contribution in [0, 0.1) is 0 Å². The van der Waals surface area contributed by atoms with Gasteiger partial charge in [0.2, 0.25) is 0 Å². The number of aliphatic hydroxyl groups excluding tert-OH is 2. The first-order valence-corrected chi connectivity index (χ1v) is 13.7. The van der Waals surface area contributed by atoms with E-state index in [-0.39, 0.29) is 26.4 Å². The summed E-state index contributed by atoms with van der Waals surface area (Å²) in [7, 11) is 0. The van der Waals surface area contributed by atoms with Crippen LogP contribution in [0.2, 0.25) is 0 Å². The third-order valence-electron chi connectivity index (χ3n) is 7.14. The molecule has 6 nitrogen and oxygen atoms in total. The van der Waals surface area contributed by atoms with Crippen LogP contribution in [0.1, 0.15) is 22.3 Å². The molecule has 4 aromatic carbocycles. The van der Waals surface area contributed by atoms with Crippen LogP contribution in [0.3, 0.4) is 0 Å². The second kappa shape index (κ2) is 14.3. The number of aliphatic hydroxyl groups is 2. The normalized spacial score (nSPS) is 24.6. The molecule has 40 heavy (non-hydrogen) atoms. The van der Waals surface area contributed by atoms with E-state index in [1.54, 1.807) is 0 Å². The molecule has 208 valence electrons. The van der Waals surface area contributed by atoms with Crippen molar-refractivity contribution in [3.63, 3.8) is 0 Å². The van der Waals surface area contributed by atoms with E-state index in [2.05, 4.69) is 0 Å². The van der Waals surface area contributed by atoms with E-state index < -0.39 is 36.6 Å². The minimum atomic E-state index is -1.25. The standard InChI is InChI=1S/C34H36O6/c35-29-30(36)32(38-22-26-15-7-2-8-16-26)34(40-24-28-19-11-4-12-20-28)33(39-23-27-17-9-3-10-18-27)31(29)37-21-25-13-5-1-6-14-25/h1-20,29-36H,21-24H2/t29-,30+,31-,32-,33+,34+/m0/s1. The van der Waals surface area contributed by atoms with Crippen LogP contribution in [0.15, 0.2) is 121 Å². The topological polar surface area (TPSA) is 77.4 Å². The van der Waals surface area contributed by atoms with Crippen LogP contribution in [0.5, 0.6) is 0 Å². The highest BCUT2D eigenvalue weighted by atomic mass is 16.6. The highest BCUT2D eigenvalue weighted by Crippen LogP contribution is 2.32. The summed E-state index contributed by atoms with van der Waals surface area (Å²) in [5, 5.41) is 22.7. The van der Waals surface area contributed by atoms with Crippen LogP contribution in [0.4, 0.5) is 0 Å². The lowest BCUT2D eigenvalue weighted by molar-refractivity contribution is -0.273. The summed E-state index contributed by atoms with van der Waals surface area (Å²) in [5.41, 5.74) is 3.87. The average molecular weight is 541 g/mol. The highest BCUT2D eigenvalue weighted by molar-refractivity contribution is 5.17. The molecular weight excluding hydrogens is 504 g/mol. The van der Waals surface area contributed by atoms with Gasteiger partial charge in [0.15, 0.2) is 0 Å². The van der Waals surface area contributed by atoms with Gasteiger partial charge in [0.05, 0.1) is 26.4 Å². The van der Waals surface area contributed by atoms with Gasteiger partial charge in [-0.3, -0.25) is 0 Å². The fourth-order valence-electron chi connectivity index (χ4n) is 4.98. The molecule has 0 unspecified atom stereocenters. The lowest BCUT2D eigenvalue weighted by Crippen LogP contribution is -2.66. The van der Waals surface area contributed by atoms with Crippen molar-refractivity contribution >= 4 is 0 Å². The van der Waals surface area contributed by atoms with E-state index in [0.717, 1.165) is 22.3 Å². The van der Waals surface area contributed by atoms with Gasteiger partial charge in [-0.1, -0.05) is 121 Å². The molecule has 1 aliphatic rings. The van der Waals surface area contributed by atoms with Gasteiger partial charge in [-0.2, -0.15) is 0 Å². The van der Waals surface area contributed by atoms with Gasteiger partial charge >= 0.3 is 0 Å². The molecule has 0 aromatic heterocycles. The molecule has 6 atom stereocenters. The molecule has 5 rings (SSSR count). The lowest BCUT2D eigenvalue weighted by Gasteiger charge is -2.47. The molecule has 0 spiro atoms. The second-order valence-corrected chi connectivity index (χ2v) is 10.0. The molecule has 0 heterocycles.